The number of benzene rings is 1. The maximum Gasteiger partial charge on any atom is 0.325 e. The number of carbonyl (C=O) groups is 3. The highest BCUT2D eigenvalue weighted by molar-refractivity contribution is 7.99. The van der Waals surface area contributed by atoms with Crippen molar-refractivity contribution in [1.82, 2.24) is 10.2 Å². The Morgan fingerprint density at radius 2 is 1.93 bits per heavy atom. The highest BCUT2D eigenvalue weighted by Crippen LogP contribution is 2.29. The number of anilines is 1. The zero-order chi connectivity index (χ0) is 20.2. The minimum absolute atomic E-state index is 0.283. The molecule has 2 N–H and O–H groups in total. The number of carbonyl (C=O) groups excluding carboxylic acids is 3. The van der Waals surface area contributed by atoms with Crippen LogP contribution in [0.1, 0.15) is 52.5 Å². The quantitative estimate of drug-likeness (QED) is 0.520. The van der Waals surface area contributed by atoms with Crippen LogP contribution in [-0.4, -0.2) is 40.1 Å². The number of imide groups is 1. The molecule has 148 valence electrons. The average molecular weight is 392 g/mol. The number of rotatable bonds is 8. The highest BCUT2D eigenvalue weighted by atomic mass is 32.2. The van der Waals surface area contributed by atoms with Crippen molar-refractivity contribution >= 4 is 35.3 Å². The first-order valence-electron chi connectivity index (χ1n) is 9.47. The smallest absolute Gasteiger partial charge is 0.324 e. The van der Waals surface area contributed by atoms with Gasteiger partial charge in [-0.2, -0.15) is 0 Å². The van der Waals surface area contributed by atoms with Gasteiger partial charge in [0, 0.05) is 15.8 Å². The van der Waals surface area contributed by atoms with Crippen molar-refractivity contribution in [3.05, 3.63) is 23.8 Å². The molecule has 0 spiro atoms. The Labute approximate surface area is 165 Å². The van der Waals surface area contributed by atoms with Crippen LogP contribution in [0.2, 0.25) is 0 Å². The molecule has 6 nitrogen and oxygen atoms in total. The second-order valence-corrected chi connectivity index (χ2v) is 8.48. The van der Waals surface area contributed by atoms with Gasteiger partial charge in [0.25, 0.3) is 5.91 Å². The molecule has 0 aromatic heterocycles. The maximum atomic E-state index is 12.6. The topological polar surface area (TPSA) is 78.5 Å². The van der Waals surface area contributed by atoms with E-state index in [0.717, 1.165) is 21.8 Å². The predicted molar refractivity (Wildman–Crippen MR) is 109 cm³/mol. The lowest BCUT2D eigenvalue weighted by Crippen LogP contribution is -2.46. The van der Waals surface area contributed by atoms with Crippen LogP contribution in [0.3, 0.4) is 0 Å². The number of hydrogen-bond donors (Lipinski definition) is 2. The van der Waals surface area contributed by atoms with Crippen LogP contribution in [-0.2, 0) is 9.59 Å². The van der Waals surface area contributed by atoms with E-state index in [-0.39, 0.29) is 18.4 Å². The Hall–Kier alpha value is -2.02. The zero-order valence-corrected chi connectivity index (χ0v) is 17.5. The molecule has 1 aliphatic heterocycles. The fourth-order valence-electron chi connectivity index (χ4n) is 3.05. The van der Waals surface area contributed by atoms with E-state index in [1.54, 1.807) is 11.8 Å². The van der Waals surface area contributed by atoms with E-state index >= 15 is 0 Å². The Bertz CT molecular complexity index is 731. The first-order valence-corrected chi connectivity index (χ1v) is 10.4. The van der Waals surface area contributed by atoms with E-state index in [1.807, 2.05) is 39.0 Å². The van der Waals surface area contributed by atoms with Crippen molar-refractivity contribution in [3.63, 3.8) is 0 Å². The lowest BCUT2D eigenvalue weighted by molar-refractivity contribution is -0.134. The van der Waals surface area contributed by atoms with Gasteiger partial charge in [-0.25, -0.2) is 4.79 Å². The van der Waals surface area contributed by atoms with Gasteiger partial charge in [-0.3, -0.25) is 14.5 Å². The molecule has 7 heteroatoms. The van der Waals surface area contributed by atoms with E-state index in [4.69, 9.17) is 0 Å². The molecule has 0 saturated carbocycles. The lowest BCUT2D eigenvalue weighted by atomic mass is 9.93. The molecule has 0 aliphatic carbocycles. The minimum Gasteiger partial charge on any atom is -0.324 e. The van der Waals surface area contributed by atoms with E-state index in [9.17, 15) is 14.4 Å². The first kappa shape index (κ1) is 21.3. The minimum atomic E-state index is -0.887. The normalized spacial score (nSPS) is 17.0. The third kappa shape index (κ3) is 4.64. The molecular formula is C20H29N3O3S. The molecule has 1 fully saturated rings. The fraction of sp³-hybridized carbons (Fsp3) is 0.550. The van der Waals surface area contributed by atoms with Crippen molar-refractivity contribution in [2.24, 2.45) is 0 Å². The first-order chi connectivity index (χ1) is 12.8. The molecule has 0 radical (unpaired) electrons. The second kappa shape index (κ2) is 8.78. The summed E-state index contributed by atoms with van der Waals surface area (Å²) >= 11 is 1.80. The lowest BCUT2D eigenvalue weighted by Gasteiger charge is -2.23. The zero-order valence-electron chi connectivity index (χ0n) is 16.7. The summed E-state index contributed by atoms with van der Waals surface area (Å²) < 4.78 is 0. The van der Waals surface area contributed by atoms with Crippen molar-refractivity contribution in [3.8, 4) is 0 Å². The third-order valence-corrected chi connectivity index (χ3v) is 6.40. The summed E-state index contributed by atoms with van der Waals surface area (Å²) in [6.45, 7) is 9.70. The van der Waals surface area contributed by atoms with Crippen molar-refractivity contribution in [1.29, 1.82) is 0 Å². The molecule has 27 heavy (non-hydrogen) atoms. The van der Waals surface area contributed by atoms with E-state index in [0.29, 0.717) is 23.8 Å². The van der Waals surface area contributed by atoms with Crippen molar-refractivity contribution in [2.45, 2.75) is 69.6 Å². The number of amides is 4. The molecule has 1 heterocycles. The fourth-order valence-corrected chi connectivity index (χ4v) is 4.07. The summed E-state index contributed by atoms with van der Waals surface area (Å²) in [6.07, 6.45) is 2.09. The molecule has 0 bridgehead atoms. The van der Waals surface area contributed by atoms with Gasteiger partial charge in [-0.05, 0) is 49.9 Å². The SMILES string of the molecule is CCC(C)Sc1ccc(NC(=O)CN2C(=O)NC(CC)(CC)C2=O)c(C)c1. The van der Waals surface area contributed by atoms with Crippen LogP contribution in [0.4, 0.5) is 10.5 Å². The van der Waals surface area contributed by atoms with Gasteiger partial charge >= 0.3 is 6.03 Å². The molecule has 1 aromatic rings. The summed E-state index contributed by atoms with van der Waals surface area (Å²) in [6, 6.07) is 5.38. The Morgan fingerprint density at radius 1 is 1.26 bits per heavy atom. The molecule has 1 aromatic carbocycles. The van der Waals surface area contributed by atoms with Gasteiger partial charge < -0.3 is 10.6 Å². The van der Waals surface area contributed by atoms with Crippen molar-refractivity contribution < 1.29 is 14.4 Å². The van der Waals surface area contributed by atoms with E-state index < -0.39 is 11.6 Å². The molecule has 1 atom stereocenters. The summed E-state index contributed by atoms with van der Waals surface area (Å²) in [5, 5.41) is 6.08. The van der Waals surface area contributed by atoms with Gasteiger partial charge in [0.15, 0.2) is 0 Å². The number of nitrogens with zero attached hydrogens (tertiary/aromatic N) is 1. The summed E-state index contributed by atoms with van der Waals surface area (Å²) in [4.78, 5) is 39.3. The monoisotopic (exact) mass is 391 g/mol. The summed E-state index contributed by atoms with van der Waals surface area (Å²) in [5.41, 5.74) is 0.755. The second-order valence-electron chi connectivity index (χ2n) is 6.97. The molecule has 2 rings (SSSR count). The molecule has 1 saturated heterocycles. The van der Waals surface area contributed by atoms with Crippen LogP contribution in [0, 0.1) is 6.92 Å². The molecular weight excluding hydrogens is 362 g/mol. The Morgan fingerprint density at radius 3 is 2.44 bits per heavy atom. The Balaban J connectivity index is 2.04. The van der Waals surface area contributed by atoms with E-state index in [1.165, 1.54) is 0 Å². The Kier molecular flexibility index (Phi) is 6.92. The van der Waals surface area contributed by atoms with Gasteiger partial charge in [0.1, 0.15) is 12.1 Å². The summed E-state index contributed by atoms with van der Waals surface area (Å²) in [5.74, 6) is -0.711. The summed E-state index contributed by atoms with van der Waals surface area (Å²) in [7, 11) is 0. The van der Waals surface area contributed by atoms with Gasteiger partial charge in [-0.1, -0.05) is 27.7 Å². The number of urea groups is 1. The van der Waals surface area contributed by atoms with Gasteiger partial charge in [0.05, 0.1) is 0 Å². The third-order valence-electron chi connectivity index (χ3n) is 5.14. The van der Waals surface area contributed by atoms with Crippen molar-refractivity contribution in [2.75, 3.05) is 11.9 Å². The largest absolute Gasteiger partial charge is 0.325 e. The number of aryl methyl sites for hydroxylation is 1. The van der Waals surface area contributed by atoms with Crippen LogP contribution < -0.4 is 10.6 Å². The number of nitrogens with one attached hydrogen (secondary N) is 2. The predicted octanol–water partition coefficient (Wildman–Crippen LogP) is 3.93. The van der Waals surface area contributed by atoms with Crippen LogP contribution in [0.25, 0.3) is 0 Å². The maximum absolute atomic E-state index is 12.6. The van der Waals surface area contributed by atoms with Gasteiger partial charge in [0.2, 0.25) is 5.91 Å². The van der Waals surface area contributed by atoms with Crippen LogP contribution >= 0.6 is 11.8 Å². The number of thioether (sulfide) groups is 1. The molecule has 1 unspecified atom stereocenters. The van der Waals surface area contributed by atoms with Crippen LogP contribution in [0.15, 0.2) is 23.1 Å². The number of hydrogen-bond acceptors (Lipinski definition) is 4. The molecule has 1 aliphatic rings. The standard InChI is InChI=1S/C20H29N3O3S/c1-6-14(5)27-15-9-10-16(13(4)11-15)21-17(24)12-23-18(25)20(7-2,8-3)22-19(23)26/h9-11,14H,6-8,12H2,1-5H3,(H,21,24)(H,22,26). The highest BCUT2D eigenvalue weighted by Gasteiger charge is 2.49. The molecule has 4 amide bonds. The average Bonchev–Trinajstić information content (AvgIpc) is 2.88. The van der Waals surface area contributed by atoms with Gasteiger partial charge in [-0.15, -0.1) is 11.8 Å². The van der Waals surface area contributed by atoms with E-state index in [2.05, 4.69) is 24.5 Å². The van der Waals surface area contributed by atoms with Crippen LogP contribution in [0.5, 0.6) is 0 Å².